The number of aromatic nitrogens is 2. The van der Waals surface area contributed by atoms with Gasteiger partial charge in [-0.25, -0.2) is 4.98 Å². The summed E-state index contributed by atoms with van der Waals surface area (Å²) in [6.45, 7) is 3.35. The molecule has 0 aliphatic carbocycles. The molecule has 0 radical (unpaired) electrons. The normalized spacial score (nSPS) is 19.2. The van der Waals surface area contributed by atoms with Gasteiger partial charge in [0.05, 0.1) is 0 Å². The summed E-state index contributed by atoms with van der Waals surface area (Å²) in [6, 6.07) is 4.66. The molecule has 0 amide bonds. The van der Waals surface area contributed by atoms with Gasteiger partial charge < -0.3 is 5.32 Å². The molecule has 4 nitrogen and oxygen atoms in total. The number of thiazole rings is 1. The zero-order valence-corrected chi connectivity index (χ0v) is 13.8. The highest BCUT2D eigenvalue weighted by molar-refractivity contribution is 7.15. The van der Waals surface area contributed by atoms with Crippen molar-refractivity contribution in [1.82, 2.24) is 20.2 Å². The summed E-state index contributed by atoms with van der Waals surface area (Å²) < 4.78 is 0. The number of pyridine rings is 1. The van der Waals surface area contributed by atoms with Gasteiger partial charge in [0, 0.05) is 48.2 Å². The molecule has 21 heavy (non-hydrogen) atoms. The molecule has 114 valence electrons. The number of likely N-dealkylation sites (N-methyl/N-ethyl adjacent to an activating group) is 1. The van der Waals surface area contributed by atoms with Crippen LogP contribution in [-0.2, 0) is 6.54 Å². The number of nitrogens with zero attached hydrogens (tertiary/aromatic N) is 3. The van der Waals surface area contributed by atoms with Crippen molar-refractivity contribution in [2.75, 3.05) is 20.1 Å². The molecule has 0 bridgehead atoms. The van der Waals surface area contributed by atoms with Gasteiger partial charge in [-0.2, -0.15) is 0 Å². The van der Waals surface area contributed by atoms with Crippen molar-refractivity contribution in [3.63, 3.8) is 0 Å². The van der Waals surface area contributed by atoms with Crippen molar-refractivity contribution in [3.05, 3.63) is 35.6 Å². The molecule has 1 N–H and O–H groups in total. The first-order valence-electron chi connectivity index (χ1n) is 7.10. The Balaban J connectivity index is 0.00000161. The van der Waals surface area contributed by atoms with Crippen LogP contribution in [0.2, 0.25) is 0 Å². The first kappa shape index (κ1) is 16.4. The largest absolute Gasteiger partial charge is 0.316 e. The molecule has 1 aliphatic heterocycles. The van der Waals surface area contributed by atoms with Gasteiger partial charge in [0.1, 0.15) is 5.01 Å². The highest BCUT2D eigenvalue weighted by Crippen LogP contribution is 2.26. The number of nitrogens with one attached hydrogen (secondary N) is 1. The lowest BCUT2D eigenvalue weighted by Crippen LogP contribution is -2.43. The Morgan fingerprint density at radius 2 is 2.19 bits per heavy atom. The molecule has 2 aromatic heterocycles. The minimum Gasteiger partial charge on any atom is -0.316 e. The van der Waals surface area contributed by atoms with Gasteiger partial charge in [-0.15, -0.1) is 23.7 Å². The van der Waals surface area contributed by atoms with Crippen LogP contribution in [-0.4, -0.2) is 41.0 Å². The Morgan fingerprint density at radius 3 is 2.95 bits per heavy atom. The minimum absolute atomic E-state index is 0. The van der Waals surface area contributed by atoms with Gasteiger partial charge in [0.2, 0.25) is 0 Å². The predicted octanol–water partition coefficient (Wildman–Crippen LogP) is 2.81. The molecule has 1 aliphatic rings. The summed E-state index contributed by atoms with van der Waals surface area (Å²) >= 11 is 1.79. The van der Waals surface area contributed by atoms with Crippen LogP contribution in [0, 0.1) is 0 Å². The van der Waals surface area contributed by atoms with Crippen molar-refractivity contribution in [2.24, 2.45) is 0 Å². The van der Waals surface area contributed by atoms with Gasteiger partial charge in [0.15, 0.2) is 0 Å². The second-order valence-corrected chi connectivity index (χ2v) is 6.35. The zero-order chi connectivity index (χ0) is 13.8. The molecule has 2 aromatic rings. The van der Waals surface area contributed by atoms with Crippen LogP contribution in [0.25, 0.3) is 10.6 Å². The molecule has 1 fully saturated rings. The summed E-state index contributed by atoms with van der Waals surface area (Å²) in [5, 5.41) is 4.48. The van der Waals surface area contributed by atoms with E-state index in [-0.39, 0.29) is 12.4 Å². The Bertz CT molecular complexity index is 546. The maximum absolute atomic E-state index is 4.54. The van der Waals surface area contributed by atoms with Crippen LogP contribution < -0.4 is 5.32 Å². The smallest absolute Gasteiger partial charge is 0.123 e. The Kier molecular flexibility index (Phi) is 6.11. The minimum atomic E-state index is 0. The number of hydrogen-bond donors (Lipinski definition) is 1. The van der Waals surface area contributed by atoms with Crippen molar-refractivity contribution in [2.45, 2.75) is 25.4 Å². The van der Waals surface area contributed by atoms with Gasteiger partial charge in [-0.05, 0) is 38.6 Å². The van der Waals surface area contributed by atoms with E-state index in [0.29, 0.717) is 6.04 Å². The number of hydrogen-bond acceptors (Lipinski definition) is 5. The maximum atomic E-state index is 4.54. The topological polar surface area (TPSA) is 41.0 Å². The van der Waals surface area contributed by atoms with Crippen LogP contribution in [0.3, 0.4) is 0 Å². The van der Waals surface area contributed by atoms with Crippen LogP contribution in [0.1, 0.15) is 17.7 Å². The van der Waals surface area contributed by atoms with Crippen molar-refractivity contribution < 1.29 is 0 Å². The first-order valence-corrected chi connectivity index (χ1v) is 7.91. The summed E-state index contributed by atoms with van der Waals surface area (Å²) in [5.74, 6) is 0. The average molecular weight is 325 g/mol. The molecular formula is C15H21ClN4S. The number of rotatable bonds is 4. The van der Waals surface area contributed by atoms with Gasteiger partial charge in [-0.1, -0.05) is 0 Å². The van der Waals surface area contributed by atoms with E-state index >= 15 is 0 Å². The summed E-state index contributed by atoms with van der Waals surface area (Å²) in [4.78, 5) is 12.5. The van der Waals surface area contributed by atoms with Crippen molar-refractivity contribution in [1.29, 1.82) is 0 Å². The monoisotopic (exact) mass is 324 g/mol. The lowest BCUT2D eigenvalue weighted by atomic mass is 10.1. The van der Waals surface area contributed by atoms with E-state index in [2.05, 4.69) is 27.2 Å². The molecule has 1 saturated heterocycles. The number of piperidine rings is 1. The second-order valence-electron chi connectivity index (χ2n) is 5.23. The Labute approximate surface area is 136 Å². The standard InChI is InChI=1S/C15H20N4S.ClH/c1-16-13-3-2-8-19(10-13)11-14-9-18-15(20-14)12-4-6-17-7-5-12;/h4-7,9,13,16H,2-3,8,10-11H2,1H3;1H. The van der Waals surface area contributed by atoms with Crippen LogP contribution in [0.5, 0.6) is 0 Å². The van der Waals surface area contributed by atoms with E-state index in [9.17, 15) is 0 Å². The second kappa shape index (κ2) is 7.84. The van der Waals surface area contributed by atoms with Gasteiger partial charge in [-0.3, -0.25) is 9.88 Å². The molecule has 0 aromatic carbocycles. The van der Waals surface area contributed by atoms with E-state index < -0.39 is 0 Å². The quantitative estimate of drug-likeness (QED) is 0.939. The molecular weight excluding hydrogens is 304 g/mol. The molecule has 3 heterocycles. The van der Waals surface area contributed by atoms with Gasteiger partial charge >= 0.3 is 0 Å². The van der Waals surface area contributed by atoms with E-state index in [1.807, 2.05) is 30.7 Å². The molecule has 0 spiro atoms. The maximum Gasteiger partial charge on any atom is 0.123 e. The number of likely N-dealkylation sites (tertiary alicyclic amines) is 1. The van der Waals surface area contributed by atoms with E-state index in [1.165, 1.54) is 24.3 Å². The first-order chi connectivity index (χ1) is 9.85. The van der Waals surface area contributed by atoms with E-state index in [1.54, 1.807) is 11.3 Å². The average Bonchev–Trinajstić information content (AvgIpc) is 2.97. The highest BCUT2D eigenvalue weighted by Gasteiger charge is 2.19. The van der Waals surface area contributed by atoms with Crippen molar-refractivity contribution in [3.8, 4) is 10.6 Å². The SMILES string of the molecule is CNC1CCCN(Cc2cnc(-c3ccncc3)s2)C1.Cl. The van der Waals surface area contributed by atoms with Gasteiger partial charge in [0.25, 0.3) is 0 Å². The third-order valence-electron chi connectivity index (χ3n) is 3.77. The number of halogens is 1. The summed E-state index contributed by atoms with van der Waals surface area (Å²) in [7, 11) is 2.06. The third-order valence-corrected chi connectivity index (χ3v) is 4.81. The lowest BCUT2D eigenvalue weighted by molar-refractivity contribution is 0.189. The predicted molar refractivity (Wildman–Crippen MR) is 90.0 cm³/mol. The molecule has 1 unspecified atom stereocenters. The molecule has 6 heteroatoms. The van der Waals surface area contributed by atoms with Crippen molar-refractivity contribution >= 4 is 23.7 Å². The lowest BCUT2D eigenvalue weighted by Gasteiger charge is -2.32. The van der Waals surface area contributed by atoms with Crippen LogP contribution in [0.4, 0.5) is 0 Å². The Morgan fingerprint density at radius 1 is 1.38 bits per heavy atom. The molecule has 1 atom stereocenters. The fraction of sp³-hybridized carbons (Fsp3) is 0.467. The molecule has 3 rings (SSSR count). The van der Waals surface area contributed by atoms with E-state index in [4.69, 9.17) is 0 Å². The third kappa shape index (κ3) is 4.23. The van der Waals surface area contributed by atoms with E-state index in [0.717, 1.165) is 23.7 Å². The zero-order valence-electron chi connectivity index (χ0n) is 12.2. The highest BCUT2D eigenvalue weighted by atomic mass is 35.5. The van der Waals surface area contributed by atoms with Crippen LogP contribution in [0.15, 0.2) is 30.7 Å². The summed E-state index contributed by atoms with van der Waals surface area (Å²) in [6.07, 6.45) is 8.22. The Hall–Kier alpha value is -1.01. The molecule has 0 saturated carbocycles. The summed E-state index contributed by atoms with van der Waals surface area (Å²) in [5.41, 5.74) is 1.16. The van der Waals surface area contributed by atoms with Crippen LogP contribution >= 0.6 is 23.7 Å². The fourth-order valence-corrected chi connectivity index (χ4v) is 3.62. The fourth-order valence-electron chi connectivity index (χ4n) is 2.66.